The van der Waals surface area contributed by atoms with Crippen molar-refractivity contribution in [2.24, 2.45) is 0 Å². The number of unbranched alkanes of at least 4 members (excludes halogenated alkanes) is 2. The smallest absolute Gasteiger partial charge is 0.341 e. The summed E-state index contributed by atoms with van der Waals surface area (Å²) in [7, 11) is 4.29. The molecule has 6 nitrogen and oxygen atoms in total. The predicted octanol–water partition coefficient (Wildman–Crippen LogP) is 3.41. The Bertz CT molecular complexity index is 573. The molecule has 1 amide bonds. The normalized spacial score (nSPS) is 13.0. The van der Waals surface area contributed by atoms with E-state index < -0.39 is 11.6 Å². The standard InChI is InChI=1S/C18H27NO5/c1-6-7-8-11-18(2,24-5)17(21)19-13-9-10-15(22-3)14(12-13)16(20)23-4/h9-10,12H,6-8,11H2,1-5H3,(H,19,21)/t18-/m1/s1. The summed E-state index contributed by atoms with van der Waals surface area (Å²) in [6.07, 6.45) is 3.65. The van der Waals surface area contributed by atoms with Crippen LogP contribution in [0.4, 0.5) is 5.69 Å². The number of carbonyl (C=O) groups excluding carboxylic acids is 2. The molecule has 0 fully saturated rings. The first-order valence-corrected chi connectivity index (χ1v) is 8.04. The molecule has 0 radical (unpaired) electrons. The Morgan fingerprint density at radius 1 is 1.17 bits per heavy atom. The fourth-order valence-corrected chi connectivity index (χ4v) is 2.34. The molecular formula is C18H27NO5. The van der Waals surface area contributed by atoms with Gasteiger partial charge in [0.05, 0.1) is 14.2 Å². The van der Waals surface area contributed by atoms with Gasteiger partial charge < -0.3 is 19.5 Å². The Kier molecular flexibility index (Phi) is 7.71. The van der Waals surface area contributed by atoms with Gasteiger partial charge in [-0.15, -0.1) is 0 Å². The zero-order valence-electron chi connectivity index (χ0n) is 15.1. The molecule has 0 spiro atoms. The molecule has 0 unspecified atom stereocenters. The van der Waals surface area contributed by atoms with Crippen molar-refractivity contribution in [1.29, 1.82) is 0 Å². The molecule has 134 valence electrons. The minimum Gasteiger partial charge on any atom is -0.496 e. The van der Waals surface area contributed by atoms with Gasteiger partial charge in [0.1, 0.15) is 16.9 Å². The molecule has 0 aliphatic heterocycles. The van der Waals surface area contributed by atoms with Crippen LogP contribution in [0.3, 0.4) is 0 Å². The fourth-order valence-electron chi connectivity index (χ4n) is 2.34. The third-order valence-corrected chi connectivity index (χ3v) is 4.05. The van der Waals surface area contributed by atoms with Crippen molar-refractivity contribution < 1.29 is 23.8 Å². The van der Waals surface area contributed by atoms with E-state index in [0.717, 1.165) is 19.3 Å². The lowest BCUT2D eigenvalue weighted by atomic mass is 9.96. The summed E-state index contributed by atoms with van der Waals surface area (Å²) in [6.45, 7) is 3.87. The van der Waals surface area contributed by atoms with Gasteiger partial charge in [-0.25, -0.2) is 4.79 Å². The monoisotopic (exact) mass is 337 g/mol. The molecule has 0 saturated carbocycles. The maximum atomic E-state index is 12.6. The van der Waals surface area contributed by atoms with Crippen molar-refractivity contribution in [3.05, 3.63) is 23.8 Å². The SMILES string of the molecule is CCCCC[C@@](C)(OC)C(=O)Nc1ccc(OC)c(C(=O)OC)c1. The predicted molar refractivity (Wildman–Crippen MR) is 92.5 cm³/mol. The zero-order valence-corrected chi connectivity index (χ0v) is 15.1. The average molecular weight is 337 g/mol. The molecular weight excluding hydrogens is 310 g/mol. The summed E-state index contributed by atoms with van der Waals surface area (Å²) in [5.74, 6) is -0.389. The van der Waals surface area contributed by atoms with Crippen LogP contribution in [0.5, 0.6) is 5.75 Å². The van der Waals surface area contributed by atoms with Crippen molar-refractivity contribution in [2.45, 2.75) is 45.1 Å². The van der Waals surface area contributed by atoms with Crippen LogP contribution in [0.1, 0.15) is 49.9 Å². The first kappa shape index (κ1) is 20.0. The van der Waals surface area contributed by atoms with Crippen LogP contribution < -0.4 is 10.1 Å². The van der Waals surface area contributed by atoms with Crippen molar-refractivity contribution in [1.82, 2.24) is 0 Å². The second-order valence-corrected chi connectivity index (χ2v) is 5.75. The van der Waals surface area contributed by atoms with Gasteiger partial charge >= 0.3 is 5.97 Å². The van der Waals surface area contributed by atoms with Gasteiger partial charge in [0.25, 0.3) is 5.91 Å². The summed E-state index contributed by atoms with van der Waals surface area (Å²) in [5, 5.41) is 2.80. The Hall–Kier alpha value is -2.08. The molecule has 0 heterocycles. The molecule has 1 aromatic carbocycles. The molecule has 0 aliphatic carbocycles. The van der Waals surface area contributed by atoms with Crippen LogP contribution in [0.25, 0.3) is 0 Å². The Morgan fingerprint density at radius 3 is 2.42 bits per heavy atom. The van der Waals surface area contributed by atoms with Gasteiger partial charge in [0.2, 0.25) is 0 Å². The Balaban J connectivity index is 2.94. The minimum absolute atomic E-state index is 0.248. The number of methoxy groups -OCH3 is 3. The number of anilines is 1. The van der Waals surface area contributed by atoms with Crippen LogP contribution in [-0.2, 0) is 14.3 Å². The molecule has 0 aromatic heterocycles. The summed E-state index contributed by atoms with van der Waals surface area (Å²) < 4.78 is 15.3. The summed E-state index contributed by atoms with van der Waals surface area (Å²) in [4.78, 5) is 24.4. The van der Waals surface area contributed by atoms with E-state index in [1.165, 1.54) is 27.4 Å². The number of amides is 1. The van der Waals surface area contributed by atoms with Gasteiger partial charge in [-0.1, -0.05) is 26.2 Å². The number of ether oxygens (including phenoxy) is 3. The summed E-state index contributed by atoms with van der Waals surface area (Å²) >= 11 is 0. The second-order valence-electron chi connectivity index (χ2n) is 5.75. The van der Waals surface area contributed by atoms with Gasteiger partial charge in [-0.05, 0) is 31.5 Å². The number of carbonyl (C=O) groups is 2. The number of benzene rings is 1. The van der Waals surface area contributed by atoms with Crippen LogP contribution in [-0.4, -0.2) is 38.8 Å². The van der Waals surface area contributed by atoms with Gasteiger partial charge in [-0.3, -0.25) is 4.79 Å². The molecule has 24 heavy (non-hydrogen) atoms. The number of nitrogens with one attached hydrogen (secondary N) is 1. The van der Waals surface area contributed by atoms with Crippen LogP contribution >= 0.6 is 0 Å². The van der Waals surface area contributed by atoms with Gasteiger partial charge in [0, 0.05) is 12.8 Å². The van der Waals surface area contributed by atoms with Crippen molar-refractivity contribution in [2.75, 3.05) is 26.6 Å². The van der Waals surface area contributed by atoms with Crippen LogP contribution in [0, 0.1) is 0 Å². The molecule has 6 heteroatoms. The highest BCUT2D eigenvalue weighted by atomic mass is 16.5. The lowest BCUT2D eigenvalue weighted by Gasteiger charge is -2.27. The molecule has 0 saturated heterocycles. The molecule has 1 atom stereocenters. The van der Waals surface area contributed by atoms with E-state index in [9.17, 15) is 9.59 Å². The third-order valence-electron chi connectivity index (χ3n) is 4.05. The van der Waals surface area contributed by atoms with E-state index in [1.54, 1.807) is 19.1 Å². The van der Waals surface area contributed by atoms with Gasteiger partial charge in [0.15, 0.2) is 0 Å². The van der Waals surface area contributed by atoms with Gasteiger partial charge in [-0.2, -0.15) is 0 Å². The molecule has 0 aliphatic rings. The third kappa shape index (κ3) is 4.96. The van der Waals surface area contributed by atoms with Crippen LogP contribution in [0.2, 0.25) is 0 Å². The zero-order chi connectivity index (χ0) is 18.2. The second kappa shape index (κ2) is 9.27. The average Bonchev–Trinajstić information content (AvgIpc) is 2.60. The van der Waals surface area contributed by atoms with E-state index in [4.69, 9.17) is 14.2 Å². The fraction of sp³-hybridized carbons (Fsp3) is 0.556. The number of hydrogen-bond donors (Lipinski definition) is 1. The van der Waals surface area contributed by atoms with Crippen molar-refractivity contribution >= 4 is 17.6 Å². The van der Waals surface area contributed by atoms with Crippen molar-refractivity contribution in [3.8, 4) is 5.75 Å². The highest BCUT2D eigenvalue weighted by molar-refractivity contribution is 5.99. The number of hydrogen-bond acceptors (Lipinski definition) is 5. The number of esters is 1. The largest absolute Gasteiger partial charge is 0.496 e. The maximum Gasteiger partial charge on any atom is 0.341 e. The lowest BCUT2D eigenvalue weighted by molar-refractivity contribution is -0.136. The first-order chi connectivity index (χ1) is 11.4. The topological polar surface area (TPSA) is 73.9 Å². The highest BCUT2D eigenvalue weighted by Crippen LogP contribution is 2.26. The van der Waals surface area contributed by atoms with E-state index in [-0.39, 0.29) is 11.5 Å². The quantitative estimate of drug-likeness (QED) is 0.552. The summed E-state index contributed by atoms with van der Waals surface area (Å²) in [6, 6.07) is 4.82. The van der Waals surface area contributed by atoms with E-state index in [2.05, 4.69) is 12.2 Å². The molecule has 0 bridgehead atoms. The van der Waals surface area contributed by atoms with E-state index in [1.807, 2.05) is 0 Å². The molecule has 1 N–H and O–H groups in total. The Labute approximate surface area is 143 Å². The minimum atomic E-state index is -0.916. The van der Waals surface area contributed by atoms with E-state index in [0.29, 0.717) is 17.9 Å². The maximum absolute atomic E-state index is 12.6. The highest BCUT2D eigenvalue weighted by Gasteiger charge is 2.32. The van der Waals surface area contributed by atoms with Crippen molar-refractivity contribution in [3.63, 3.8) is 0 Å². The Morgan fingerprint density at radius 2 is 1.88 bits per heavy atom. The number of rotatable bonds is 9. The first-order valence-electron chi connectivity index (χ1n) is 8.04. The molecule has 1 aromatic rings. The van der Waals surface area contributed by atoms with Crippen LogP contribution in [0.15, 0.2) is 18.2 Å². The lowest BCUT2D eigenvalue weighted by Crippen LogP contribution is -2.42. The van der Waals surface area contributed by atoms with E-state index >= 15 is 0 Å². The summed E-state index contributed by atoms with van der Waals surface area (Å²) in [5.41, 5.74) is -0.177. The molecule has 1 rings (SSSR count).